The zero-order valence-corrected chi connectivity index (χ0v) is 32.4. The molecule has 66 heavy (non-hydrogen) atoms. The number of hydrogen-bond donors (Lipinski definition) is 2. The Bertz CT molecular complexity index is 2670. The van der Waals surface area contributed by atoms with Gasteiger partial charge in [0.05, 0.1) is 27.9 Å². The maximum Gasteiger partial charge on any atom is 0.430 e. The van der Waals surface area contributed by atoms with Gasteiger partial charge in [0.1, 0.15) is 0 Å². The third kappa shape index (κ3) is 6.96. The molecule has 0 fully saturated rings. The summed E-state index contributed by atoms with van der Waals surface area (Å²) in [7, 11) is 0.853. The van der Waals surface area contributed by atoms with Crippen molar-refractivity contribution in [1.82, 2.24) is 4.90 Å². The normalized spacial score (nSPS) is 15.8. The number of aliphatic hydroxyl groups is 2. The average Bonchev–Trinajstić information content (AvgIpc) is 3.54. The molecule has 4 aromatic rings. The molecule has 6 rings (SSSR count). The van der Waals surface area contributed by atoms with Gasteiger partial charge in [0.25, 0.3) is 34.8 Å². The maximum absolute atomic E-state index is 15.1. The van der Waals surface area contributed by atoms with Crippen LogP contribution in [0.25, 0.3) is 0 Å². The summed E-state index contributed by atoms with van der Waals surface area (Å²) in [5.74, 6) is -6.61. The lowest BCUT2D eigenvalue weighted by Gasteiger charge is -2.38. The molecule has 2 N–H and O–H groups in total. The van der Waals surface area contributed by atoms with Crippen molar-refractivity contribution >= 4 is 29.3 Å². The molecule has 0 radical (unpaired) electrons. The number of benzene rings is 4. The van der Waals surface area contributed by atoms with Crippen LogP contribution in [0.4, 0.5) is 84.7 Å². The highest BCUT2D eigenvalue weighted by Gasteiger charge is 2.75. The summed E-state index contributed by atoms with van der Waals surface area (Å²) in [6, 6.07) is 2.32. The van der Waals surface area contributed by atoms with E-state index < -0.39 is 156 Å². The van der Waals surface area contributed by atoms with Crippen LogP contribution in [0.1, 0.15) is 80.4 Å². The van der Waals surface area contributed by atoms with Gasteiger partial charge in [-0.05, 0) is 77.6 Å². The minimum Gasteiger partial charge on any atom is -0.369 e. The van der Waals surface area contributed by atoms with E-state index in [1.807, 2.05) is 0 Å². The van der Waals surface area contributed by atoms with Crippen LogP contribution < -0.4 is 4.90 Å². The van der Waals surface area contributed by atoms with Crippen molar-refractivity contribution in [3.05, 3.63) is 134 Å². The number of halogens is 18. The highest BCUT2D eigenvalue weighted by Crippen LogP contribution is 2.58. The highest BCUT2D eigenvalue weighted by atomic mass is 19.4. The molecule has 0 aliphatic carbocycles. The number of rotatable bonds is 7. The molecule has 0 saturated carbocycles. The Balaban J connectivity index is 1.54. The number of carbonyl (C=O) groups is 4. The van der Waals surface area contributed by atoms with Crippen LogP contribution in [0.3, 0.4) is 0 Å². The Morgan fingerprint density at radius 3 is 1.24 bits per heavy atom. The van der Waals surface area contributed by atoms with Crippen molar-refractivity contribution in [2.24, 2.45) is 0 Å². The fourth-order valence-electron chi connectivity index (χ4n) is 7.78. The molecule has 0 aromatic heterocycles. The largest absolute Gasteiger partial charge is 0.430 e. The molecule has 354 valence electrons. The van der Waals surface area contributed by atoms with Gasteiger partial charge in [0.2, 0.25) is 5.41 Å². The summed E-state index contributed by atoms with van der Waals surface area (Å²) in [6.07, 6.45) is -40.9. The molecule has 8 nitrogen and oxygen atoms in total. The smallest absolute Gasteiger partial charge is 0.369 e. The molecule has 2 aliphatic heterocycles. The van der Waals surface area contributed by atoms with Crippen molar-refractivity contribution in [3.8, 4) is 0 Å². The summed E-state index contributed by atoms with van der Waals surface area (Å²) >= 11 is 0. The van der Waals surface area contributed by atoms with E-state index in [1.165, 1.54) is 0 Å². The number of fused-ring (bicyclic) bond motifs is 2. The SMILES string of the molecule is Cc1ccc(Cc2ccc(N3C(=O)c4ccc(C(c5ccc6c(c5)C(=O)N(C)C6=O)(C(F)(F)F)C(F)(F)F)cc4C3=O)c(C(O)(C(F)(F)F)C(F)(F)F)c2)cc1C(O)(C(F)(F)F)C(F)(F)F. The maximum atomic E-state index is 15.1. The van der Waals surface area contributed by atoms with E-state index in [0.29, 0.717) is 30.0 Å². The number of imide groups is 2. The van der Waals surface area contributed by atoms with E-state index in [4.69, 9.17) is 0 Å². The van der Waals surface area contributed by atoms with E-state index in [0.717, 1.165) is 13.1 Å². The van der Waals surface area contributed by atoms with Crippen LogP contribution in [-0.2, 0) is 23.0 Å². The number of alkyl halides is 18. The van der Waals surface area contributed by atoms with Gasteiger partial charge in [0.15, 0.2) is 0 Å². The van der Waals surface area contributed by atoms with E-state index in [-0.39, 0.29) is 48.5 Å². The Hall–Kier alpha value is -6.18. The first-order chi connectivity index (χ1) is 29.8. The van der Waals surface area contributed by atoms with Gasteiger partial charge in [-0.2, -0.15) is 79.0 Å². The van der Waals surface area contributed by atoms with Gasteiger partial charge in [-0.25, -0.2) is 4.90 Å². The van der Waals surface area contributed by atoms with E-state index in [9.17, 15) is 82.1 Å². The second-order valence-corrected chi connectivity index (χ2v) is 15.0. The zero-order chi connectivity index (χ0) is 50.1. The van der Waals surface area contributed by atoms with E-state index in [1.54, 1.807) is 0 Å². The summed E-state index contributed by atoms with van der Waals surface area (Å²) in [6.45, 7) is 0.676. The lowest BCUT2D eigenvalue weighted by molar-refractivity contribution is -0.376. The molecule has 2 aliphatic rings. The molecule has 0 saturated heterocycles. The van der Waals surface area contributed by atoms with Crippen molar-refractivity contribution < 1.29 is 108 Å². The Kier molecular flexibility index (Phi) is 11.1. The second kappa shape index (κ2) is 14.9. The zero-order valence-electron chi connectivity index (χ0n) is 32.4. The quantitative estimate of drug-likeness (QED) is 0.141. The lowest BCUT2D eigenvalue weighted by atomic mass is 9.71. The predicted octanol–water partition coefficient (Wildman–Crippen LogP) is 9.65. The van der Waals surface area contributed by atoms with Crippen LogP contribution in [0.2, 0.25) is 0 Å². The average molecular weight is 969 g/mol. The van der Waals surface area contributed by atoms with Gasteiger partial charge in [-0.1, -0.05) is 36.4 Å². The summed E-state index contributed by atoms with van der Waals surface area (Å²) in [5.41, 5.74) is -33.8. The monoisotopic (exact) mass is 968 g/mol. The lowest BCUT2D eigenvalue weighted by Crippen LogP contribution is -2.55. The number of hydrogen-bond acceptors (Lipinski definition) is 6. The number of carbonyl (C=O) groups excluding carboxylic acids is 4. The Morgan fingerprint density at radius 1 is 0.439 bits per heavy atom. The van der Waals surface area contributed by atoms with Crippen LogP contribution in [0.5, 0.6) is 0 Å². The van der Waals surface area contributed by atoms with Gasteiger partial charge in [-0.15, -0.1) is 0 Å². The summed E-state index contributed by atoms with van der Waals surface area (Å²) in [5, 5.41) is 20.5. The van der Waals surface area contributed by atoms with Crippen molar-refractivity contribution in [2.45, 2.75) is 67.0 Å². The van der Waals surface area contributed by atoms with Gasteiger partial charge < -0.3 is 10.2 Å². The third-order valence-corrected chi connectivity index (χ3v) is 11.1. The first-order valence-electron chi connectivity index (χ1n) is 17.9. The number of aryl methyl sites for hydroxylation is 1. The van der Waals surface area contributed by atoms with Gasteiger partial charge >= 0.3 is 37.1 Å². The molecule has 4 amide bonds. The first-order valence-corrected chi connectivity index (χ1v) is 17.9. The number of anilines is 1. The Labute approximate surface area is 355 Å². The topological polar surface area (TPSA) is 115 Å². The second-order valence-electron chi connectivity index (χ2n) is 15.0. The molecule has 0 bridgehead atoms. The van der Waals surface area contributed by atoms with Crippen LogP contribution in [-0.4, -0.2) is 82.8 Å². The molecular weight excluding hydrogens is 946 g/mol. The highest BCUT2D eigenvalue weighted by molar-refractivity contribution is 6.34. The fraction of sp³-hybridized carbons (Fsp3) is 0.300. The van der Waals surface area contributed by atoms with Crippen LogP contribution >= 0.6 is 0 Å². The molecule has 0 spiro atoms. The number of nitrogens with zero attached hydrogens (tertiary/aromatic N) is 2. The van der Waals surface area contributed by atoms with Crippen molar-refractivity contribution in [2.75, 3.05) is 11.9 Å². The summed E-state index contributed by atoms with van der Waals surface area (Å²) < 4.78 is 260. The third-order valence-electron chi connectivity index (χ3n) is 11.1. The van der Waals surface area contributed by atoms with E-state index >= 15 is 26.3 Å². The molecule has 0 unspecified atom stereocenters. The fourth-order valence-corrected chi connectivity index (χ4v) is 7.78. The molecule has 4 aromatic carbocycles. The van der Waals surface area contributed by atoms with E-state index in [2.05, 4.69) is 0 Å². The molecular formula is C40H22F18N2O6. The van der Waals surface area contributed by atoms with Gasteiger partial charge in [-0.3, -0.25) is 24.1 Å². The number of amides is 4. The standard InChI is InChI=1S/C40H22F18N2O6/c1-16-3-4-17(12-25(16)33(65,37(47,48)49)38(50,51)52)11-18-5-10-27(26(13-18)34(66,39(53,54)55)40(56,57)58)60-30(63)22-9-7-20(15-24(22)31(60)64)32(35(41,42)43,36(44,45)46)19-6-8-21-23(14-19)29(62)59(2)28(21)61/h3-10,12-15,65-66H,11H2,1-2H3. The minimum absolute atomic E-state index is 0.0128. The van der Waals surface area contributed by atoms with Crippen LogP contribution in [0, 0.1) is 6.92 Å². The van der Waals surface area contributed by atoms with Crippen LogP contribution in [0.15, 0.2) is 72.8 Å². The first kappa shape index (κ1) is 49.3. The van der Waals surface area contributed by atoms with Gasteiger partial charge in [0, 0.05) is 18.2 Å². The van der Waals surface area contributed by atoms with Crippen molar-refractivity contribution in [1.29, 1.82) is 0 Å². The van der Waals surface area contributed by atoms with Crippen molar-refractivity contribution in [3.63, 3.8) is 0 Å². The predicted molar refractivity (Wildman–Crippen MR) is 186 cm³/mol. The molecule has 2 heterocycles. The molecule has 0 atom stereocenters. The summed E-state index contributed by atoms with van der Waals surface area (Å²) in [4.78, 5) is 52.3. The Morgan fingerprint density at radius 2 is 0.803 bits per heavy atom. The minimum atomic E-state index is -6.88. The molecule has 26 heteroatoms.